The average Bonchev–Trinajstić information content (AvgIpc) is 2.48. The first-order valence-electron chi connectivity index (χ1n) is 7.23. The molecule has 0 radical (unpaired) electrons. The van der Waals surface area contributed by atoms with Crippen molar-refractivity contribution >= 4 is 17.5 Å². The van der Waals surface area contributed by atoms with Crippen molar-refractivity contribution in [1.29, 1.82) is 0 Å². The molecule has 0 unspecified atom stereocenters. The Labute approximate surface area is 120 Å². The highest BCUT2D eigenvalue weighted by Crippen LogP contribution is 2.16. The van der Waals surface area contributed by atoms with Crippen LogP contribution in [0.15, 0.2) is 42.6 Å². The molecule has 0 aliphatic rings. The van der Waals surface area contributed by atoms with Crippen LogP contribution in [0.5, 0.6) is 0 Å². The Morgan fingerprint density at radius 1 is 1.00 bits per heavy atom. The van der Waals surface area contributed by atoms with Gasteiger partial charge in [0.2, 0.25) is 5.95 Å². The van der Waals surface area contributed by atoms with Gasteiger partial charge in [-0.3, -0.25) is 0 Å². The Hall–Kier alpha value is -2.10. The van der Waals surface area contributed by atoms with Crippen LogP contribution >= 0.6 is 0 Å². The van der Waals surface area contributed by atoms with Gasteiger partial charge in [0.1, 0.15) is 5.82 Å². The third kappa shape index (κ3) is 3.95. The first kappa shape index (κ1) is 14.3. The predicted octanol–water partition coefficient (Wildman–Crippen LogP) is 3.85. The number of benzene rings is 1. The lowest BCUT2D eigenvalue weighted by Gasteiger charge is -2.22. The van der Waals surface area contributed by atoms with Crippen LogP contribution < -0.4 is 10.2 Å². The van der Waals surface area contributed by atoms with Crippen LogP contribution in [0, 0.1) is 0 Å². The van der Waals surface area contributed by atoms with E-state index in [2.05, 4.69) is 34.0 Å². The number of para-hydroxylation sites is 1. The van der Waals surface area contributed by atoms with Gasteiger partial charge in [-0.2, -0.15) is 4.98 Å². The molecular weight excluding hydrogens is 248 g/mol. The smallest absolute Gasteiger partial charge is 0.229 e. The average molecular weight is 270 g/mol. The molecule has 0 atom stereocenters. The van der Waals surface area contributed by atoms with Gasteiger partial charge in [-0.05, 0) is 31.0 Å². The molecule has 0 bridgehead atoms. The number of nitrogens with zero attached hydrogens (tertiary/aromatic N) is 3. The zero-order valence-electron chi connectivity index (χ0n) is 12.2. The lowest BCUT2D eigenvalue weighted by molar-refractivity contribution is 0.733. The summed E-state index contributed by atoms with van der Waals surface area (Å²) in [6.45, 7) is 6.42. The maximum atomic E-state index is 4.61. The fourth-order valence-corrected chi connectivity index (χ4v) is 2.12. The van der Waals surface area contributed by atoms with Gasteiger partial charge >= 0.3 is 0 Å². The van der Waals surface area contributed by atoms with Crippen LogP contribution in [0.25, 0.3) is 0 Å². The number of nitrogens with one attached hydrogen (secondary N) is 1. The molecule has 2 aromatic rings. The molecule has 106 valence electrons. The van der Waals surface area contributed by atoms with Crippen LogP contribution in [-0.4, -0.2) is 23.1 Å². The Bertz CT molecular complexity index is 507. The first-order chi connectivity index (χ1) is 9.83. The molecule has 1 heterocycles. The number of aromatic nitrogens is 2. The first-order valence-corrected chi connectivity index (χ1v) is 7.23. The van der Waals surface area contributed by atoms with Crippen molar-refractivity contribution in [2.45, 2.75) is 26.7 Å². The third-order valence-corrected chi connectivity index (χ3v) is 2.98. The summed E-state index contributed by atoms with van der Waals surface area (Å²) < 4.78 is 0. The SMILES string of the molecule is CCCN(CCC)c1ccnc(Nc2ccccc2)n1. The second-order valence-electron chi connectivity index (χ2n) is 4.72. The maximum absolute atomic E-state index is 4.61. The predicted molar refractivity (Wildman–Crippen MR) is 84.6 cm³/mol. The van der Waals surface area contributed by atoms with Crippen molar-refractivity contribution in [3.63, 3.8) is 0 Å². The summed E-state index contributed by atoms with van der Waals surface area (Å²) in [6, 6.07) is 12.0. The summed E-state index contributed by atoms with van der Waals surface area (Å²) in [5.41, 5.74) is 1.00. The number of hydrogen-bond acceptors (Lipinski definition) is 4. The number of rotatable bonds is 7. The van der Waals surface area contributed by atoms with Crippen molar-refractivity contribution < 1.29 is 0 Å². The summed E-state index contributed by atoms with van der Waals surface area (Å²) in [6.07, 6.45) is 4.04. The Balaban J connectivity index is 2.14. The molecule has 20 heavy (non-hydrogen) atoms. The van der Waals surface area contributed by atoms with Crippen molar-refractivity contribution in [3.05, 3.63) is 42.6 Å². The number of hydrogen-bond donors (Lipinski definition) is 1. The quantitative estimate of drug-likeness (QED) is 0.829. The van der Waals surface area contributed by atoms with Crippen LogP contribution in [0.3, 0.4) is 0 Å². The van der Waals surface area contributed by atoms with Crippen LogP contribution in [-0.2, 0) is 0 Å². The van der Waals surface area contributed by atoms with E-state index in [0.717, 1.165) is 37.4 Å². The monoisotopic (exact) mass is 270 g/mol. The molecular formula is C16H22N4. The Kier molecular flexibility index (Phi) is 5.35. The van der Waals surface area contributed by atoms with Crippen molar-refractivity contribution in [3.8, 4) is 0 Å². The van der Waals surface area contributed by atoms with E-state index in [4.69, 9.17) is 0 Å². The second kappa shape index (κ2) is 7.48. The van der Waals surface area contributed by atoms with Gasteiger partial charge in [0.15, 0.2) is 0 Å². The minimum atomic E-state index is 0.644. The van der Waals surface area contributed by atoms with Gasteiger partial charge in [0, 0.05) is 25.0 Å². The summed E-state index contributed by atoms with van der Waals surface area (Å²) in [4.78, 5) is 11.2. The summed E-state index contributed by atoms with van der Waals surface area (Å²) >= 11 is 0. The summed E-state index contributed by atoms with van der Waals surface area (Å²) in [7, 11) is 0. The minimum Gasteiger partial charge on any atom is -0.356 e. The topological polar surface area (TPSA) is 41.1 Å². The van der Waals surface area contributed by atoms with Gasteiger partial charge in [0.05, 0.1) is 0 Å². The maximum Gasteiger partial charge on any atom is 0.229 e. The van der Waals surface area contributed by atoms with E-state index in [1.165, 1.54) is 0 Å². The molecule has 4 heteroatoms. The highest BCUT2D eigenvalue weighted by molar-refractivity contribution is 5.54. The number of anilines is 3. The van der Waals surface area contributed by atoms with E-state index in [1.54, 1.807) is 0 Å². The largest absolute Gasteiger partial charge is 0.356 e. The molecule has 0 spiro atoms. The van der Waals surface area contributed by atoms with E-state index in [1.807, 2.05) is 42.6 Å². The lowest BCUT2D eigenvalue weighted by atomic mass is 10.3. The minimum absolute atomic E-state index is 0.644. The van der Waals surface area contributed by atoms with Crippen molar-refractivity contribution in [2.75, 3.05) is 23.3 Å². The molecule has 4 nitrogen and oxygen atoms in total. The molecule has 0 aliphatic carbocycles. The van der Waals surface area contributed by atoms with E-state index in [9.17, 15) is 0 Å². The molecule has 2 rings (SSSR count). The van der Waals surface area contributed by atoms with Crippen LogP contribution in [0.2, 0.25) is 0 Å². The Morgan fingerprint density at radius 2 is 1.70 bits per heavy atom. The van der Waals surface area contributed by atoms with E-state index >= 15 is 0 Å². The van der Waals surface area contributed by atoms with E-state index in [0.29, 0.717) is 5.95 Å². The lowest BCUT2D eigenvalue weighted by Crippen LogP contribution is -2.26. The standard InChI is InChI=1S/C16H22N4/c1-3-12-20(13-4-2)15-10-11-17-16(19-15)18-14-8-6-5-7-9-14/h5-11H,3-4,12-13H2,1-2H3,(H,17,18,19). The zero-order chi connectivity index (χ0) is 14.2. The van der Waals surface area contributed by atoms with Crippen molar-refractivity contribution in [1.82, 2.24) is 9.97 Å². The normalized spacial score (nSPS) is 10.3. The molecule has 0 aliphatic heterocycles. The Morgan fingerprint density at radius 3 is 2.35 bits per heavy atom. The summed E-state index contributed by atoms with van der Waals surface area (Å²) in [5, 5.41) is 3.23. The molecule has 1 N–H and O–H groups in total. The molecule has 1 aromatic carbocycles. The third-order valence-electron chi connectivity index (χ3n) is 2.98. The molecule has 1 aromatic heterocycles. The van der Waals surface area contributed by atoms with E-state index in [-0.39, 0.29) is 0 Å². The highest BCUT2D eigenvalue weighted by atomic mass is 15.2. The molecule has 0 saturated heterocycles. The van der Waals surface area contributed by atoms with Gasteiger partial charge < -0.3 is 10.2 Å². The zero-order valence-corrected chi connectivity index (χ0v) is 12.2. The van der Waals surface area contributed by atoms with Gasteiger partial charge in [-0.25, -0.2) is 4.98 Å². The van der Waals surface area contributed by atoms with Crippen molar-refractivity contribution in [2.24, 2.45) is 0 Å². The van der Waals surface area contributed by atoms with Crippen LogP contribution in [0.4, 0.5) is 17.5 Å². The van der Waals surface area contributed by atoms with Gasteiger partial charge in [-0.15, -0.1) is 0 Å². The highest BCUT2D eigenvalue weighted by Gasteiger charge is 2.07. The van der Waals surface area contributed by atoms with E-state index < -0.39 is 0 Å². The fraction of sp³-hybridized carbons (Fsp3) is 0.375. The van der Waals surface area contributed by atoms with Crippen LogP contribution in [0.1, 0.15) is 26.7 Å². The van der Waals surface area contributed by atoms with Gasteiger partial charge in [0.25, 0.3) is 0 Å². The molecule has 0 amide bonds. The summed E-state index contributed by atoms with van der Waals surface area (Å²) in [5.74, 6) is 1.63. The fourth-order valence-electron chi connectivity index (χ4n) is 2.12. The van der Waals surface area contributed by atoms with Gasteiger partial charge in [-0.1, -0.05) is 32.0 Å². The second-order valence-corrected chi connectivity index (χ2v) is 4.72. The molecule has 0 saturated carbocycles. The molecule has 0 fully saturated rings.